The summed E-state index contributed by atoms with van der Waals surface area (Å²) in [4.78, 5) is 45.8. The molecule has 0 aliphatic carbocycles. The Morgan fingerprint density at radius 3 is 1.94 bits per heavy atom. The van der Waals surface area contributed by atoms with Crippen molar-refractivity contribution in [2.24, 2.45) is 5.92 Å². The van der Waals surface area contributed by atoms with Crippen LogP contribution >= 0.6 is 0 Å². The monoisotopic (exact) mass is 704 g/mol. The predicted octanol–water partition coefficient (Wildman–Crippen LogP) is 3.94. The first-order chi connectivity index (χ1) is 24.4. The third-order valence-corrected chi connectivity index (χ3v) is 8.28. The molecule has 0 unspecified atom stereocenters. The van der Waals surface area contributed by atoms with E-state index < -0.39 is 48.4 Å². The van der Waals surface area contributed by atoms with Crippen LogP contribution in [0, 0.1) is 5.92 Å². The highest BCUT2D eigenvalue weighted by molar-refractivity contribution is 5.87. The van der Waals surface area contributed by atoms with Gasteiger partial charge in [-0.3, -0.25) is 4.79 Å². The van der Waals surface area contributed by atoms with Gasteiger partial charge in [-0.1, -0.05) is 93.5 Å². The van der Waals surface area contributed by atoms with Crippen molar-refractivity contribution in [3.8, 4) is 0 Å². The lowest BCUT2D eigenvalue weighted by atomic mass is 9.90. The zero-order valence-corrected chi connectivity index (χ0v) is 29.6. The molecular formula is C37H48N6O8. The molecule has 5 atom stereocenters. The zero-order valence-electron chi connectivity index (χ0n) is 29.6. The van der Waals surface area contributed by atoms with Gasteiger partial charge in [0.1, 0.15) is 24.5 Å². The number of urea groups is 1. The van der Waals surface area contributed by atoms with Gasteiger partial charge in [0.15, 0.2) is 18.3 Å². The van der Waals surface area contributed by atoms with Crippen LogP contribution in [0.2, 0.25) is 0 Å². The largest absolute Gasteiger partial charge is 0.448 e. The number of aromatic nitrogens is 2. The maximum atomic E-state index is 13.9. The molecule has 0 aliphatic rings. The van der Waals surface area contributed by atoms with Crippen LogP contribution in [0.5, 0.6) is 0 Å². The first-order valence-electron chi connectivity index (χ1n) is 16.9. The normalized spacial score (nSPS) is 14.3. The molecule has 14 nitrogen and oxygen atoms in total. The number of carbonyl (C=O) groups is 3. The molecule has 4 aromatic rings. The molecule has 0 saturated heterocycles. The van der Waals surface area contributed by atoms with Gasteiger partial charge >= 0.3 is 12.1 Å². The van der Waals surface area contributed by atoms with Gasteiger partial charge in [0, 0.05) is 19.0 Å². The number of aliphatic hydroxyl groups excluding tert-OH is 2. The van der Waals surface area contributed by atoms with Gasteiger partial charge in [0.2, 0.25) is 5.91 Å². The van der Waals surface area contributed by atoms with Crippen LogP contribution in [0.3, 0.4) is 0 Å². The summed E-state index contributed by atoms with van der Waals surface area (Å²) in [6.45, 7) is 7.46. The quantitative estimate of drug-likeness (QED) is 0.108. The van der Waals surface area contributed by atoms with Crippen LogP contribution in [0.25, 0.3) is 0 Å². The summed E-state index contributed by atoms with van der Waals surface area (Å²) < 4.78 is 15.7. The van der Waals surface area contributed by atoms with Gasteiger partial charge in [0.25, 0.3) is 0 Å². The lowest BCUT2D eigenvalue weighted by Crippen LogP contribution is -2.60. The SMILES string of the molecule is CC(C)c1nc(CN(C)C(=O)N[C@H](C(=O)N[C@@H](Cc2ccccc2)[C@@H](O)[C@H](O)[C@H](Cc2ccccc2)NC(=O)OCc2ccno2)C(C)C)co1. The molecule has 0 radical (unpaired) electrons. The molecule has 4 rings (SSSR count). The van der Waals surface area contributed by atoms with E-state index in [0.717, 1.165) is 11.1 Å². The van der Waals surface area contributed by atoms with Crippen molar-refractivity contribution < 1.29 is 38.3 Å². The van der Waals surface area contributed by atoms with E-state index in [1.54, 1.807) is 27.0 Å². The van der Waals surface area contributed by atoms with E-state index in [4.69, 9.17) is 13.7 Å². The molecule has 0 fully saturated rings. The standard InChI is InChI=1S/C37H48N6O8/c1-23(2)31(42-36(47)43(5)20-27-21-49-35(39-27)24(3)4)34(46)40-29(18-25-12-8-6-9-13-25)32(44)33(45)30(19-26-14-10-7-11-15-26)41-37(48)50-22-28-16-17-38-51-28/h6-17,21,23-24,29-33,44-45H,18-20,22H2,1-5H3,(H,40,46)(H,41,48)(H,42,47)/t29-,30-,31-,32+,33+/m0/s1. The zero-order chi connectivity index (χ0) is 36.9. The Balaban J connectivity index is 1.50. The van der Waals surface area contributed by atoms with E-state index in [1.807, 2.05) is 74.5 Å². The predicted molar refractivity (Wildman–Crippen MR) is 187 cm³/mol. The van der Waals surface area contributed by atoms with E-state index in [0.29, 0.717) is 17.3 Å². The van der Waals surface area contributed by atoms with E-state index in [-0.39, 0.29) is 37.8 Å². The number of ether oxygens (including phenoxy) is 1. The van der Waals surface area contributed by atoms with E-state index in [1.165, 1.54) is 17.4 Å². The number of hydrogen-bond donors (Lipinski definition) is 5. The first-order valence-corrected chi connectivity index (χ1v) is 16.9. The number of carbonyl (C=O) groups excluding carboxylic acids is 3. The summed E-state index contributed by atoms with van der Waals surface area (Å²) in [7, 11) is 1.59. The molecule has 5 N–H and O–H groups in total. The molecule has 51 heavy (non-hydrogen) atoms. The van der Waals surface area contributed by atoms with Crippen LogP contribution in [-0.4, -0.2) is 80.7 Å². The number of alkyl carbamates (subject to hydrolysis) is 1. The summed E-state index contributed by atoms with van der Waals surface area (Å²) >= 11 is 0. The summed E-state index contributed by atoms with van der Waals surface area (Å²) in [5.74, 6) is 0.0859. The van der Waals surface area contributed by atoms with Gasteiger partial charge in [-0.2, -0.15) is 0 Å². The number of oxazole rings is 1. The molecule has 14 heteroatoms. The summed E-state index contributed by atoms with van der Waals surface area (Å²) in [5, 5.41) is 35.3. The molecule has 0 bridgehead atoms. The molecule has 274 valence electrons. The Kier molecular flexibility index (Phi) is 14.1. The number of aliphatic hydroxyl groups is 2. The highest BCUT2D eigenvalue weighted by Gasteiger charge is 2.36. The van der Waals surface area contributed by atoms with Crippen molar-refractivity contribution >= 4 is 18.0 Å². The number of nitrogens with one attached hydrogen (secondary N) is 3. The third kappa shape index (κ3) is 11.7. The van der Waals surface area contributed by atoms with Crippen molar-refractivity contribution in [3.05, 3.63) is 108 Å². The van der Waals surface area contributed by atoms with Crippen molar-refractivity contribution in [2.75, 3.05) is 7.05 Å². The molecule has 2 aromatic heterocycles. The number of rotatable bonds is 17. The Morgan fingerprint density at radius 1 is 0.843 bits per heavy atom. The molecule has 2 heterocycles. The molecule has 4 amide bonds. The second-order valence-electron chi connectivity index (χ2n) is 13.1. The van der Waals surface area contributed by atoms with Crippen LogP contribution < -0.4 is 16.0 Å². The number of nitrogens with zero attached hydrogens (tertiary/aromatic N) is 3. The average molecular weight is 705 g/mol. The fourth-order valence-electron chi connectivity index (χ4n) is 5.40. The Hall–Kier alpha value is -5.21. The summed E-state index contributed by atoms with van der Waals surface area (Å²) in [6, 6.07) is 16.3. The maximum absolute atomic E-state index is 13.9. The van der Waals surface area contributed by atoms with E-state index in [2.05, 4.69) is 26.1 Å². The van der Waals surface area contributed by atoms with Gasteiger partial charge in [-0.25, -0.2) is 14.6 Å². The number of hydrogen-bond acceptors (Lipinski definition) is 10. The maximum Gasteiger partial charge on any atom is 0.407 e. The van der Waals surface area contributed by atoms with Crippen LogP contribution in [0.4, 0.5) is 9.59 Å². The summed E-state index contributed by atoms with van der Waals surface area (Å²) in [5.41, 5.74) is 2.14. The highest BCUT2D eigenvalue weighted by Crippen LogP contribution is 2.17. The fourth-order valence-corrected chi connectivity index (χ4v) is 5.40. The molecule has 2 aromatic carbocycles. The van der Waals surface area contributed by atoms with Gasteiger partial charge in [-0.15, -0.1) is 0 Å². The highest BCUT2D eigenvalue weighted by atomic mass is 16.6. The Labute approximate surface area is 297 Å². The number of amides is 4. The molecular weight excluding hydrogens is 656 g/mol. The van der Waals surface area contributed by atoms with Crippen molar-refractivity contribution in [2.45, 2.75) is 89.9 Å². The van der Waals surface area contributed by atoms with E-state index in [9.17, 15) is 24.6 Å². The first kappa shape index (κ1) is 38.6. The minimum atomic E-state index is -1.56. The van der Waals surface area contributed by atoms with Crippen LogP contribution in [0.15, 0.2) is 88.1 Å². The third-order valence-electron chi connectivity index (χ3n) is 8.28. The topological polar surface area (TPSA) is 192 Å². The average Bonchev–Trinajstić information content (AvgIpc) is 3.82. The van der Waals surface area contributed by atoms with Crippen molar-refractivity contribution in [1.29, 1.82) is 0 Å². The Bertz CT molecular complexity index is 1650. The van der Waals surface area contributed by atoms with Crippen LogP contribution in [-0.2, 0) is 35.5 Å². The van der Waals surface area contributed by atoms with Crippen molar-refractivity contribution in [3.63, 3.8) is 0 Å². The lowest BCUT2D eigenvalue weighted by molar-refractivity contribution is -0.126. The Morgan fingerprint density at radius 2 is 1.43 bits per heavy atom. The molecule has 0 aliphatic heterocycles. The lowest BCUT2D eigenvalue weighted by Gasteiger charge is -2.34. The van der Waals surface area contributed by atoms with Gasteiger partial charge < -0.3 is 44.7 Å². The molecule has 0 spiro atoms. The molecule has 0 saturated carbocycles. The number of benzene rings is 2. The fraction of sp³-hybridized carbons (Fsp3) is 0.432. The van der Waals surface area contributed by atoms with Gasteiger partial charge in [0.05, 0.1) is 30.5 Å². The second kappa shape index (κ2) is 18.7. The van der Waals surface area contributed by atoms with Gasteiger partial charge in [-0.05, 0) is 29.9 Å². The smallest absolute Gasteiger partial charge is 0.407 e. The minimum absolute atomic E-state index is 0.0907. The van der Waals surface area contributed by atoms with Crippen LogP contribution in [0.1, 0.15) is 62.1 Å². The second-order valence-corrected chi connectivity index (χ2v) is 13.1. The minimum Gasteiger partial charge on any atom is -0.448 e. The van der Waals surface area contributed by atoms with E-state index >= 15 is 0 Å². The van der Waals surface area contributed by atoms with Crippen molar-refractivity contribution in [1.82, 2.24) is 31.0 Å². The summed E-state index contributed by atoms with van der Waals surface area (Å²) in [6.07, 6.45) is -0.766.